The second-order valence-corrected chi connectivity index (χ2v) is 10.9. The third kappa shape index (κ3) is 1.87. The number of benzene rings is 3. The zero-order valence-electron chi connectivity index (χ0n) is 18.3. The predicted octanol–water partition coefficient (Wildman–Crippen LogP) is 7.40. The van der Waals surface area contributed by atoms with Gasteiger partial charge in [0, 0.05) is 16.2 Å². The van der Waals surface area contributed by atoms with Gasteiger partial charge in [0.2, 0.25) is 0 Å². The molecule has 4 fully saturated rings. The largest absolute Gasteiger partial charge is 0.309 e. The van der Waals surface area contributed by atoms with E-state index in [1.165, 1.54) is 65.2 Å². The van der Waals surface area contributed by atoms with Crippen molar-refractivity contribution in [3.63, 3.8) is 0 Å². The zero-order chi connectivity index (χ0) is 20.3. The lowest BCUT2D eigenvalue weighted by atomic mass is 9.41. The molecular weight excluding hydrogens is 374 g/mol. The van der Waals surface area contributed by atoms with Crippen LogP contribution in [-0.4, -0.2) is 4.57 Å². The van der Waals surface area contributed by atoms with Crippen molar-refractivity contribution < 1.29 is 0 Å². The Labute approximate surface area is 184 Å². The normalized spacial score (nSPS) is 32.3. The molecule has 3 aromatic carbocycles. The van der Waals surface area contributed by atoms with Crippen molar-refractivity contribution in [2.75, 3.05) is 0 Å². The minimum atomic E-state index is 0.220. The molecule has 1 spiro atoms. The fourth-order valence-corrected chi connectivity index (χ4v) is 8.90. The molecule has 1 nitrogen and oxygen atoms in total. The maximum atomic E-state index is 2.63. The van der Waals surface area contributed by atoms with E-state index >= 15 is 0 Å². The van der Waals surface area contributed by atoms with Crippen LogP contribution >= 0.6 is 0 Å². The lowest BCUT2D eigenvalue weighted by molar-refractivity contribution is -0.0418. The lowest BCUT2D eigenvalue weighted by Gasteiger charge is -2.63. The molecule has 0 saturated heterocycles. The van der Waals surface area contributed by atoms with Gasteiger partial charge in [0.1, 0.15) is 0 Å². The van der Waals surface area contributed by atoms with E-state index in [4.69, 9.17) is 0 Å². The molecule has 4 bridgehead atoms. The van der Waals surface area contributed by atoms with E-state index in [1.54, 1.807) is 11.1 Å². The van der Waals surface area contributed by atoms with E-state index in [0.29, 0.717) is 0 Å². The van der Waals surface area contributed by atoms with Crippen LogP contribution in [0.4, 0.5) is 0 Å². The average molecular weight is 404 g/mol. The standard InChI is InChI=1S/C30H29N/c1-2-18-16-24-23-7-3-5-9-27(23)31-28-10-6-4-8-25(28)30(26(17-18)29(24)31)21-12-19-11-20(14-21)15-22(30)13-19/h3-10,16-17,19-22H,2,11-15H2,1H3. The first kappa shape index (κ1) is 17.1. The highest BCUT2D eigenvalue weighted by Crippen LogP contribution is 2.68. The van der Waals surface area contributed by atoms with E-state index in [0.717, 1.165) is 30.1 Å². The third-order valence-corrected chi connectivity index (χ3v) is 9.70. The van der Waals surface area contributed by atoms with Gasteiger partial charge in [0.25, 0.3) is 0 Å². The van der Waals surface area contributed by atoms with Crippen LogP contribution in [0.5, 0.6) is 0 Å². The zero-order valence-corrected chi connectivity index (χ0v) is 18.3. The molecule has 5 aliphatic rings. The minimum Gasteiger partial charge on any atom is -0.309 e. The molecule has 1 aliphatic heterocycles. The Kier molecular flexibility index (Phi) is 3.10. The number of hydrogen-bond donors (Lipinski definition) is 0. The van der Waals surface area contributed by atoms with Gasteiger partial charge in [-0.3, -0.25) is 0 Å². The van der Waals surface area contributed by atoms with E-state index < -0.39 is 0 Å². The number of aromatic nitrogens is 1. The van der Waals surface area contributed by atoms with Gasteiger partial charge in [-0.05, 0) is 97.1 Å². The number of para-hydroxylation sites is 2. The van der Waals surface area contributed by atoms with Gasteiger partial charge in [-0.15, -0.1) is 0 Å². The average Bonchev–Trinajstić information content (AvgIpc) is 3.13. The van der Waals surface area contributed by atoms with E-state index in [9.17, 15) is 0 Å². The summed E-state index contributed by atoms with van der Waals surface area (Å²) in [5, 5.41) is 2.90. The highest BCUT2D eigenvalue weighted by atomic mass is 15.0. The summed E-state index contributed by atoms with van der Waals surface area (Å²) in [6.07, 6.45) is 8.40. The monoisotopic (exact) mass is 403 g/mol. The van der Waals surface area contributed by atoms with Crippen molar-refractivity contribution in [3.8, 4) is 5.69 Å². The summed E-state index contributed by atoms with van der Waals surface area (Å²) in [6.45, 7) is 2.33. The summed E-state index contributed by atoms with van der Waals surface area (Å²) >= 11 is 0. The lowest BCUT2D eigenvalue weighted by Crippen LogP contribution is -2.57. The molecule has 9 rings (SSSR count). The van der Waals surface area contributed by atoms with E-state index in [-0.39, 0.29) is 5.41 Å². The fraction of sp³-hybridized carbons (Fsp3) is 0.400. The van der Waals surface area contributed by atoms with Crippen LogP contribution in [0.25, 0.3) is 27.5 Å². The molecule has 1 aromatic heterocycles. The summed E-state index contributed by atoms with van der Waals surface area (Å²) in [7, 11) is 0. The summed E-state index contributed by atoms with van der Waals surface area (Å²) in [5.41, 5.74) is 9.38. The Bertz CT molecular complexity index is 1360. The van der Waals surface area contributed by atoms with E-state index in [1.807, 2.05) is 0 Å². The van der Waals surface area contributed by atoms with Crippen molar-refractivity contribution in [2.45, 2.75) is 50.9 Å². The van der Waals surface area contributed by atoms with Gasteiger partial charge < -0.3 is 4.57 Å². The van der Waals surface area contributed by atoms with Gasteiger partial charge in [-0.2, -0.15) is 0 Å². The van der Waals surface area contributed by atoms with E-state index in [2.05, 4.69) is 72.2 Å². The highest BCUT2D eigenvalue weighted by Gasteiger charge is 2.60. The quantitative estimate of drug-likeness (QED) is 0.312. The Hall–Kier alpha value is -2.54. The second kappa shape index (κ2) is 5.63. The molecule has 154 valence electrons. The van der Waals surface area contributed by atoms with Crippen molar-refractivity contribution in [2.24, 2.45) is 23.7 Å². The fourth-order valence-electron chi connectivity index (χ4n) is 8.90. The van der Waals surface area contributed by atoms with Crippen LogP contribution in [0, 0.1) is 23.7 Å². The molecule has 0 radical (unpaired) electrons. The van der Waals surface area contributed by atoms with Gasteiger partial charge in [-0.1, -0.05) is 49.4 Å². The van der Waals surface area contributed by atoms with Crippen LogP contribution < -0.4 is 0 Å². The Balaban J connectivity index is 1.60. The molecule has 1 heteroatoms. The first-order valence-electron chi connectivity index (χ1n) is 12.5. The Morgan fingerprint density at radius 3 is 2.26 bits per heavy atom. The summed E-state index contributed by atoms with van der Waals surface area (Å²) in [5.74, 6) is 3.59. The first-order valence-corrected chi connectivity index (χ1v) is 12.5. The number of aryl methyl sites for hydroxylation is 1. The highest BCUT2D eigenvalue weighted by molar-refractivity contribution is 6.12. The molecular formula is C30H29N. The maximum absolute atomic E-state index is 2.63. The van der Waals surface area contributed by atoms with Crippen LogP contribution in [0.3, 0.4) is 0 Å². The van der Waals surface area contributed by atoms with Crippen LogP contribution in [-0.2, 0) is 11.8 Å². The predicted molar refractivity (Wildman–Crippen MR) is 128 cm³/mol. The Morgan fingerprint density at radius 1 is 0.774 bits per heavy atom. The minimum absolute atomic E-state index is 0.220. The SMILES string of the molecule is CCc1cc2c3c(c1)c1ccccc1n3-c1ccccc1C21C2CC3CC(C2)CC1C3. The van der Waals surface area contributed by atoms with Crippen LogP contribution in [0.15, 0.2) is 60.7 Å². The topological polar surface area (TPSA) is 4.93 Å². The number of hydrogen-bond acceptors (Lipinski definition) is 0. The number of nitrogens with zero attached hydrogens (tertiary/aromatic N) is 1. The number of rotatable bonds is 1. The molecule has 4 saturated carbocycles. The van der Waals surface area contributed by atoms with Crippen molar-refractivity contribution in [1.82, 2.24) is 4.57 Å². The molecule has 4 aromatic rings. The molecule has 0 atom stereocenters. The number of fused-ring (bicyclic) bond motifs is 5. The summed E-state index contributed by atoms with van der Waals surface area (Å²) in [6, 6.07) is 23.7. The van der Waals surface area contributed by atoms with Crippen molar-refractivity contribution >= 4 is 21.8 Å². The van der Waals surface area contributed by atoms with Crippen molar-refractivity contribution in [3.05, 3.63) is 77.4 Å². The smallest absolute Gasteiger partial charge is 0.0582 e. The maximum Gasteiger partial charge on any atom is 0.0582 e. The van der Waals surface area contributed by atoms with Crippen molar-refractivity contribution in [1.29, 1.82) is 0 Å². The van der Waals surface area contributed by atoms with Crippen LogP contribution in [0.1, 0.15) is 55.7 Å². The molecule has 0 N–H and O–H groups in total. The first-order chi connectivity index (χ1) is 15.3. The summed E-state index contributed by atoms with van der Waals surface area (Å²) < 4.78 is 2.62. The molecule has 31 heavy (non-hydrogen) atoms. The Morgan fingerprint density at radius 2 is 1.48 bits per heavy atom. The molecule has 2 heterocycles. The molecule has 0 unspecified atom stereocenters. The van der Waals surface area contributed by atoms with Gasteiger partial charge >= 0.3 is 0 Å². The second-order valence-electron chi connectivity index (χ2n) is 10.9. The summed E-state index contributed by atoms with van der Waals surface area (Å²) in [4.78, 5) is 0. The third-order valence-electron chi connectivity index (χ3n) is 9.70. The van der Waals surface area contributed by atoms with Gasteiger partial charge in [0.15, 0.2) is 0 Å². The molecule has 4 aliphatic carbocycles. The van der Waals surface area contributed by atoms with Crippen LogP contribution in [0.2, 0.25) is 0 Å². The van der Waals surface area contributed by atoms with Gasteiger partial charge in [-0.25, -0.2) is 0 Å². The van der Waals surface area contributed by atoms with Gasteiger partial charge in [0.05, 0.1) is 16.7 Å². The molecule has 0 amide bonds.